The number of hydrogen-bond donors (Lipinski definition) is 2. The summed E-state index contributed by atoms with van der Waals surface area (Å²) in [7, 11) is 0. The highest BCUT2D eigenvalue weighted by Gasteiger charge is 2.13. The molecule has 0 bridgehead atoms. The third-order valence-corrected chi connectivity index (χ3v) is 3.07. The van der Waals surface area contributed by atoms with Crippen LogP contribution in [0.5, 0.6) is 0 Å². The number of rotatable bonds is 8. The normalized spacial score (nSPS) is 12.3. The van der Waals surface area contributed by atoms with Gasteiger partial charge in [-0.1, -0.05) is 26.2 Å². The number of hydrogen-bond acceptors (Lipinski definition) is 3. The molecule has 0 aliphatic rings. The molecule has 1 aromatic rings. The predicted molar refractivity (Wildman–Crippen MR) is 76.8 cm³/mol. The van der Waals surface area contributed by atoms with E-state index in [0.717, 1.165) is 18.5 Å². The SMILES string of the molecule is CCCCCCNC(C)C(=O)c1ccc(N)cc1. The molecule has 1 unspecified atom stereocenters. The fourth-order valence-corrected chi connectivity index (χ4v) is 1.86. The van der Waals surface area contributed by atoms with E-state index < -0.39 is 0 Å². The minimum absolute atomic E-state index is 0.129. The molecular weight excluding hydrogens is 224 g/mol. The van der Waals surface area contributed by atoms with Gasteiger partial charge in [-0.05, 0) is 44.2 Å². The molecule has 18 heavy (non-hydrogen) atoms. The van der Waals surface area contributed by atoms with E-state index in [1.54, 1.807) is 24.3 Å². The number of nitrogen functional groups attached to an aromatic ring is 1. The second-order valence-electron chi connectivity index (χ2n) is 4.72. The Morgan fingerprint density at radius 1 is 1.22 bits per heavy atom. The number of carbonyl (C=O) groups is 1. The molecule has 3 heteroatoms. The van der Waals surface area contributed by atoms with Crippen LogP contribution in [0.2, 0.25) is 0 Å². The molecule has 0 heterocycles. The van der Waals surface area contributed by atoms with Crippen LogP contribution in [0, 0.1) is 0 Å². The van der Waals surface area contributed by atoms with Crippen LogP contribution in [0.1, 0.15) is 49.9 Å². The molecule has 0 spiro atoms. The number of Topliss-reactive ketones (excluding diaryl/α,β-unsaturated/α-hetero) is 1. The second-order valence-corrected chi connectivity index (χ2v) is 4.72. The van der Waals surface area contributed by atoms with Crippen LogP contribution in [0.4, 0.5) is 5.69 Å². The molecule has 0 fully saturated rings. The first-order valence-electron chi connectivity index (χ1n) is 6.78. The Balaban J connectivity index is 2.34. The van der Waals surface area contributed by atoms with Gasteiger partial charge in [0.05, 0.1) is 6.04 Å². The molecule has 0 saturated carbocycles. The molecule has 3 nitrogen and oxygen atoms in total. The number of carbonyl (C=O) groups excluding carboxylic acids is 1. The number of anilines is 1. The van der Waals surface area contributed by atoms with Crippen molar-refractivity contribution in [1.82, 2.24) is 5.32 Å². The zero-order valence-corrected chi connectivity index (χ0v) is 11.4. The van der Waals surface area contributed by atoms with Gasteiger partial charge in [-0.3, -0.25) is 4.79 Å². The lowest BCUT2D eigenvalue weighted by Gasteiger charge is -2.12. The van der Waals surface area contributed by atoms with Crippen LogP contribution >= 0.6 is 0 Å². The van der Waals surface area contributed by atoms with Gasteiger partial charge in [-0.25, -0.2) is 0 Å². The minimum Gasteiger partial charge on any atom is -0.399 e. The molecule has 1 atom stereocenters. The maximum Gasteiger partial charge on any atom is 0.179 e. The zero-order valence-electron chi connectivity index (χ0n) is 11.4. The summed E-state index contributed by atoms with van der Waals surface area (Å²) < 4.78 is 0. The monoisotopic (exact) mass is 248 g/mol. The van der Waals surface area contributed by atoms with E-state index in [2.05, 4.69) is 12.2 Å². The first-order chi connectivity index (χ1) is 8.65. The Morgan fingerprint density at radius 3 is 2.50 bits per heavy atom. The van der Waals surface area contributed by atoms with Crippen molar-refractivity contribution in [2.24, 2.45) is 0 Å². The summed E-state index contributed by atoms with van der Waals surface area (Å²) in [6, 6.07) is 6.97. The van der Waals surface area contributed by atoms with Crippen LogP contribution < -0.4 is 11.1 Å². The van der Waals surface area contributed by atoms with Crippen LogP contribution in [-0.4, -0.2) is 18.4 Å². The van der Waals surface area contributed by atoms with Gasteiger partial charge in [0.15, 0.2) is 5.78 Å². The molecular formula is C15H24N2O. The van der Waals surface area contributed by atoms with E-state index in [1.807, 2.05) is 6.92 Å². The Morgan fingerprint density at radius 2 is 1.89 bits per heavy atom. The number of benzene rings is 1. The van der Waals surface area contributed by atoms with E-state index in [-0.39, 0.29) is 11.8 Å². The molecule has 0 aliphatic carbocycles. The average Bonchev–Trinajstić information content (AvgIpc) is 2.38. The number of nitrogens with one attached hydrogen (secondary N) is 1. The topological polar surface area (TPSA) is 55.1 Å². The molecule has 0 radical (unpaired) electrons. The van der Waals surface area contributed by atoms with Crippen molar-refractivity contribution in [3.63, 3.8) is 0 Å². The lowest BCUT2D eigenvalue weighted by molar-refractivity contribution is 0.0951. The number of ketones is 1. The van der Waals surface area contributed by atoms with E-state index in [0.29, 0.717) is 5.69 Å². The van der Waals surface area contributed by atoms with Gasteiger partial charge >= 0.3 is 0 Å². The van der Waals surface area contributed by atoms with Gasteiger partial charge in [0.1, 0.15) is 0 Å². The number of nitrogens with two attached hydrogens (primary N) is 1. The smallest absolute Gasteiger partial charge is 0.179 e. The van der Waals surface area contributed by atoms with Gasteiger partial charge in [-0.15, -0.1) is 0 Å². The molecule has 0 saturated heterocycles. The third kappa shape index (κ3) is 4.88. The highest BCUT2D eigenvalue weighted by atomic mass is 16.1. The lowest BCUT2D eigenvalue weighted by atomic mass is 10.0. The Kier molecular flexibility index (Phi) is 6.44. The second kappa shape index (κ2) is 7.88. The van der Waals surface area contributed by atoms with Crippen LogP contribution in [0.15, 0.2) is 24.3 Å². The Bertz CT molecular complexity index is 359. The fourth-order valence-electron chi connectivity index (χ4n) is 1.86. The van der Waals surface area contributed by atoms with Crippen molar-refractivity contribution in [3.8, 4) is 0 Å². The Hall–Kier alpha value is -1.35. The van der Waals surface area contributed by atoms with E-state index in [4.69, 9.17) is 5.73 Å². The Labute approximate surface area is 110 Å². The van der Waals surface area contributed by atoms with Crippen molar-refractivity contribution < 1.29 is 4.79 Å². The van der Waals surface area contributed by atoms with Crippen LogP contribution in [-0.2, 0) is 0 Å². The highest BCUT2D eigenvalue weighted by Crippen LogP contribution is 2.08. The minimum atomic E-state index is -0.129. The standard InChI is InChI=1S/C15H24N2O/c1-3-4-5-6-11-17-12(2)15(18)13-7-9-14(16)10-8-13/h7-10,12,17H,3-6,11,16H2,1-2H3. The summed E-state index contributed by atoms with van der Waals surface area (Å²) in [5.74, 6) is 0.130. The molecule has 3 N–H and O–H groups in total. The van der Waals surface area contributed by atoms with E-state index in [1.165, 1.54) is 19.3 Å². The molecule has 0 aliphatic heterocycles. The van der Waals surface area contributed by atoms with Crippen molar-refractivity contribution in [3.05, 3.63) is 29.8 Å². The molecule has 1 rings (SSSR count). The summed E-state index contributed by atoms with van der Waals surface area (Å²) in [4.78, 5) is 12.1. The maximum absolute atomic E-state index is 12.1. The quantitative estimate of drug-likeness (QED) is 0.422. The average molecular weight is 248 g/mol. The molecule has 0 amide bonds. The third-order valence-electron chi connectivity index (χ3n) is 3.07. The first-order valence-corrected chi connectivity index (χ1v) is 6.78. The van der Waals surface area contributed by atoms with Crippen molar-refractivity contribution in [2.75, 3.05) is 12.3 Å². The summed E-state index contributed by atoms with van der Waals surface area (Å²) in [5.41, 5.74) is 7.01. The lowest BCUT2D eigenvalue weighted by Crippen LogP contribution is -2.34. The van der Waals surface area contributed by atoms with E-state index in [9.17, 15) is 4.79 Å². The maximum atomic E-state index is 12.1. The van der Waals surface area contributed by atoms with E-state index >= 15 is 0 Å². The van der Waals surface area contributed by atoms with Gasteiger partial charge in [0.2, 0.25) is 0 Å². The summed E-state index contributed by atoms with van der Waals surface area (Å²) in [5, 5.41) is 3.27. The van der Waals surface area contributed by atoms with Gasteiger partial charge in [0, 0.05) is 11.3 Å². The summed E-state index contributed by atoms with van der Waals surface area (Å²) in [6.07, 6.45) is 4.86. The van der Waals surface area contributed by atoms with Crippen molar-refractivity contribution in [2.45, 2.75) is 45.6 Å². The van der Waals surface area contributed by atoms with Gasteiger partial charge < -0.3 is 11.1 Å². The molecule has 0 aromatic heterocycles. The number of unbranched alkanes of at least 4 members (excludes halogenated alkanes) is 3. The molecule has 1 aromatic carbocycles. The first kappa shape index (κ1) is 14.7. The van der Waals surface area contributed by atoms with Crippen LogP contribution in [0.3, 0.4) is 0 Å². The summed E-state index contributed by atoms with van der Waals surface area (Å²) in [6.45, 7) is 5.01. The summed E-state index contributed by atoms with van der Waals surface area (Å²) >= 11 is 0. The van der Waals surface area contributed by atoms with Crippen LogP contribution in [0.25, 0.3) is 0 Å². The largest absolute Gasteiger partial charge is 0.399 e. The fraction of sp³-hybridized carbons (Fsp3) is 0.533. The van der Waals surface area contributed by atoms with Gasteiger partial charge in [0.25, 0.3) is 0 Å². The predicted octanol–water partition coefficient (Wildman–Crippen LogP) is 3.01. The van der Waals surface area contributed by atoms with Crippen molar-refractivity contribution >= 4 is 11.5 Å². The van der Waals surface area contributed by atoms with Gasteiger partial charge in [-0.2, -0.15) is 0 Å². The van der Waals surface area contributed by atoms with Crippen molar-refractivity contribution in [1.29, 1.82) is 0 Å². The zero-order chi connectivity index (χ0) is 13.4. The molecule has 100 valence electrons. The highest BCUT2D eigenvalue weighted by molar-refractivity contribution is 6.00.